The SMILES string of the molecule is Cc1noc(C(C)N2CCN(c3ncnc4sc(-c5ccccc5)cc34)CC2)n1. The van der Waals surface area contributed by atoms with Gasteiger partial charge in [0.2, 0.25) is 5.89 Å². The van der Waals surface area contributed by atoms with Crippen LogP contribution in [0.2, 0.25) is 0 Å². The van der Waals surface area contributed by atoms with Crippen molar-refractivity contribution in [2.75, 3.05) is 31.1 Å². The molecule has 1 saturated heterocycles. The van der Waals surface area contributed by atoms with Crippen molar-refractivity contribution in [1.29, 1.82) is 0 Å². The molecule has 29 heavy (non-hydrogen) atoms. The standard InChI is InChI=1S/C21H22N6OS/c1-14(20-24-15(2)25-28-20)26-8-10-27(11-9-26)19-17-12-18(16-6-4-3-5-7-16)29-21(17)23-13-22-19/h3-7,12-14H,8-11H2,1-2H3. The van der Waals surface area contributed by atoms with Gasteiger partial charge in [-0.3, -0.25) is 4.90 Å². The third-order valence-electron chi connectivity index (χ3n) is 5.43. The van der Waals surface area contributed by atoms with Gasteiger partial charge in [0.05, 0.1) is 11.4 Å². The van der Waals surface area contributed by atoms with Crippen LogP contribution in [0, 0.1) is 6.92 Å². The number of hydrogen-bond acceptors (Lipinski definition) is 8. The van der Waals surface area contributed by atoms with E-state index < -0.39 is 0 Å². The molecule has 1 aliphatic heterocycles. The van der Waals surface area contributed by atoms with Gasteiger partial charge in [-0.25, -0.2) is 9.97 Å². The van der Waals surface area contributed by atoms with Crippen LogP contribution >= 0.6 is 11.3 Å². The van der Waals surface area contributed by atoms with Crippen molar-refractivity contribution in [3.63, 3.8) is 0 Å². The zero-order chi connectivity index (χ0) is 19.8. The second kappa shape index (κ2) is 7.53. The second-order valence-corrected chi connectivity index (χ2v) is 8.30. The summed E-state index contributed by atoms with van der Waals surface area (Å²) >= 11 is 1.72. The van der Waals surface area contributed by atoms with E-state index in [9.17, 15) is 0 Å². The summed E-state index contributed by atoms with van der Waals surface area (Å²) in [7, 11) is 0. The molecule has 1 aromatic carbocycles. The Morgan fingerprint density at radius 1 is 1.07 bits per heavy atom. The first kappa shape index (κ1) is 18.2. The number of nitrogens with zero attached hydrogens (tertiary/aromatic N) is 6. The fourth-order valence-corrected chi connectivity index (χ4v) is 4.80. The van der Waals surface area contributed by atoms with Gasteiger partial charge in [0, 0.05) is 31.1 Å². The van der Waals surface area contributed by atoms with Gasteiger partial charge >= 0.3 is 0 Å². The van der Waals surface area contributed by atoms with E-state index >= 15 is 0 Å². The highest BCUT2D eigenvalue weighted by Gasteiger charge is 2.27. The number of hydrogen-bond donors (Lipinski definition) is 0. The maximum absolute atomic E-state index is 5.36. The summed E-state index contributed by atoms with van der Waals surface area (Å²) in [6.07, 6.45) is 1.68. The summed E-state index contributed by atoms with van der Waals surface area (Å²) in [6.45, 7) is 7.62. The molecule has 0 radical (unpaired) electrons. The molecular formula is C21H22N6OS. The minimum Gasteiger partial charge on any atom is -0.353 e. The molecule has 1 unspecified atom stereocenters. The maximum atomic E-state index is 5.36. The van der Waals surface area contributed by atoms with E-state index in [4.69, 9.17) is 4.52 Å². The zero-order valence-electron chi connectivity index (χ0n) is 16.4. The predicted molar refractivity (Wildman–Crippen MR) is 114 cm³/mol. The summed E-state index contributed by atoms with van der Waals surface area (Å²) in [5.41, 5.74) is 1.22. The molecule has 0 spiro atoms. The van der Waals surface area contributed by atoms with Crippen LogP contribution in [0.25, 0.3) is 20.7 Å². The highest BCUT2D eigenvalue weighted by atomic mass is 32.1. The molecule has 0 bridgehead atoms. The van der Waals surface area contributed by atoms with Gasteiger partial charge < -0.3 is 9.42 Å². The second-order valence-electron chi connectivity index (χ2n) is 7.27. The van der Waals surface area contributed by atoms with Crippen LogP contribution < -0.4 is 4.90 Å². The molecular weight excluding hydrogens is 384 g/mol. The van der Waals surface area contributed by atoms with Gasteiger partial charge in [0.25, 0.3) is 0 Å². The number of piperazine rings is 1. The smallest absolute Gasteiger partial charge is 0.243 e. The number of benzene rings is 1. The minimum absolute atomic E-state index is 0.120. The first-order valence-corrected chi connectivity index (χ1v) is 10.6. The first-order valence-electron chi connectivity index (χ1n) is 9.78. The van der Waals surface area contributed by atoms with Crippen molar-refractivity contribution in [3.8, 4) is 10.4 Å². The average Bonchev–Trinajstić information content (AvgIpc) is 3.40. The van der Waals surface area contributed by atoms with Crippen molar-refractivity contribution < 1.29 is 4.52 Å². The van der Waals surface area contributed by atoms with Gasteiger partial charge in [-0.2, -0.15) is 4.98 Å². The minimum atomic E-state index is 0.120. The van der Waals surface area contributed by atoms with Crippen LogP contribution in [0.1, 0.15) is 24.7 Å². The van der Waals surface area contributed by atoms with Crippen molar-refractivity contribution in [1.82, 2.24) is 25.0 Å². The fourth-order valence-electron chi connectivity index (χ4n) is 3.80. The lowest BCUT2D eigenvalue weighted by molar-refractivity contribution is 0.164. The highest BCUT2D eigenvalue weighted by molar-refractivity contribution is 7.21. The Labute approximate surface area is 173 Å². The number of aromatic nitrogens is 4. The summed E-state index contributed by atoms with van der Waals surface area (Å²) in [5, 5.41) is 5.05. The molecule has 5 rings (SSSR count). The van der Waals surface area contributed by atoms with E-state index in [0.717, 1.165) is 42.2 Å². The molecule has 4 heterocycles. The van der Waals surface area contributed by atoms with E-state index in [1.165, 1.54) is 10.4 Å². The molecule has 3 aromatic heterocycles. The summed E-state index contributed by atoms with van der Waals surface area (Å²) < 4.78 is 5.36. The Hall–Kier alpha value is -2.84. The van der Waals surface area contributed by atoms with E-state index in [2.05, 4.69) is 67.2 Å². The number of fused-ring (bicyclic) bond motifs is 1. The molecule has 4 aromatic rings. The molecule has 0 N–H and O–H groups in total. The monoisotopic (exact) mass is 406 g/mol. The zero-order valence-corrected chi connectivity index (χ0v) is 17.3. The summed E-state index contributed by atoms with van der Waals surface area (Å²) in [5.74, 6) is 2.39. The van der Waals surface area contributed by atoms with Crippen molar-refractivity contribution >= 4 is 27.4 Å². The molecule has 1 aliphatic rings. The quantitative estimate of drug-likeness (QED) is 0.508. The van der Waals surface area contributed by atoms with Crippen molar-refractivity contribution in [2.24, 2.45) is 0 Å². The average molecular weight is 407 g/mol. The highest BCUT2D eigenvalue weighted by Crippen LogP contribution is 2.36. The lowest BCUT2D eigenvalue weighted by Crippen LogP contribution is -2.47. The van der Waals surface area contributed by atoms with E-state index in [1.54, 1.807) is 17.7 Å². The van der Waals surface area contributed by atoms with Crippen LogP contribution in [-0.4, -0.2) is 51.2 Å². The van der Waals surface area contributed by atoms with Crippen LogP contribution in [0.3, 0.4) is 0 Å². The van der Waals surface area contributed by atoms with Gasteiger partial charge in [-0.15, -0.1) is 11.3 Å². The molecule has 1 atom stereocenters. The Kier molecular flexibility index (Phi) is 4.73. The lowest BCUT2D eigenvalue weighted by atomic mass is 10.1. The largest absolute Gasteiger partial charge is 0.353 e. The molecule has 0 aliphatic carbocycles. The van der Waals surface area contributed by atoms with Crippen LogP contribution in [0.15, 0.2) is 47.2 Å². The lowest BCUT2D eigenvalue weighted by Gasteiger charge is -2.37. The van der Waals surface area contributed by atoms with E-state index in [-0.39, 0.29) is 6.04 Å². The topological polar surface area (TPSA) is 71.2 Å². The Morgan fingerprint density at radius 3 is 2.59 bits per heavy atom. The van der Waals surface area contributed by atoms with Gasteiger partial charge in [-0.1, -0.05) is 35.5 Å². The van der Waals surface area contributed by atoms with Crippen LogP contribution in [0.5, 0.6) is 0 Å². The molecule has 0 amide bonds. The van der Waals surface area contributed by atoms with Crippen molar-refractivity contribution in [3.05, 3.63) is 54.4 Å². The third kappa shape index (κ3) is 3.49. The Balaban J connectivity index is 1.36. The number of aryl methyl sites for hydroxylation is 1. The molecule has 1 fully saturated rings. The molecule has 0 saturated carbocycles. The van der Waals surface area contributed by atoms with Crippen LogP contribution in [0.4, 0.5) is 5.82 Å². The number of anilines is 1. The van der Waals surface area contributed by atoms with Gasteiger partial charge in [0.15, 0.2) is 5.82 Å². The predicted octanol–water partition coefficient (Wildman–Crippen LogP) is 3.93. The number of thiophene rings is 1. The summed E-state index contributed by atoms with van der Waals surface area (Å²) in [6, 6.07) is 12.8. The maximum Gasteiger partial charge on any atom is 0.243 e. The molecule has 8 heteroatoms. The molecule has 7 nitrogen and oxygen atoms in total. The van der Waals surface area contributed by atoms with E-state index in [0.29, 0.717) is 11.7 Å². The van der Waals surface area contributed by atoms with Gasteiger partial charge in [0.1, 0.15) is 17.0 Å². The van der Waals surface area contributed by atoms with Crippen molar-refractivity contribution in [2.45, 2.75) is 19.9 Å². The van der Waals surface area contributed by atoms with Crippen LogP contribution in [-0.2, 0) is 0 Å². The fraction of sp³-hybridized carbons (Fsp3) is 0.333. The number of rotatable bonds is 4. The Morgan fingerprint density at radius 2 is 1.86 bits per heavy atom. The van der Waals surface area contributed by atoms with E-state index in [1.807, 2.05) is 13.0 Å². The Bertz CT molecular complexity index is 1120. The first-order chi connectivity index (χ1) is 14.2. The normalized spacial score (nSPS) is 16.4. The van der Waals surface area contributed by atoms with Gasteiger partial charge in [-0.05, 0) is 25.5 Å². The summed E-state index contributed by atoms with van der Waals surface area (Å²) in [4.78, 5) is 20.5. The third-order valence-corrected chi connectivity index (χ3v) is 6.52. The molecule has 148 valence electrons.